The number of rotatable bonds is 4. The van der Waals surface area contributed by atoms with Crippen LogP contribution in [0.5, 0.6) is 0 Å². The van der Waals surface area contributed by atoms with Crippen molar-refractivity contribution in [2.75, 3.05) is 6.54 Å². The van der Waals surface area contributed by atoms with E-state index in [1.165, 1.54) is 12.1 Å². The van der Waals surface area contributed by atoms with Gasteiger partial charge in [0.1, 0.15) is 0 Å². The maximum absolute atomic E-state index is 12.4. The van der Waals surface area contributed by atoms with Crippen LogP contribution in [0.15, 0.2) is 24.3 Å². The van der Waals surface area contributed by atoms with Gasteiger partial charge >= 0.3 is 6.18 Å². The Bertz CT molecular complexity index is 417. The van der Waals surface area contributed by atoms with Crippen LogP contribution in [-0.2, 0) is 6.18 Å². The maximum Gasteiger partial charge on any atom is 0.416 e. The van der Waals surface area contributed by atoms with Gasteiger partial charge in [0.2, 0.25) is 0 Å². The van der Waals surface area contributed by atoms with Crippen molar-refractivity contribution in [3.05, 3.63) is 35.4 Å². The normalized spacial score (nSPS) is 14.9. The Morgan fingerprint density at radius 1 is 1.33 bits per heavy atom. The third-order valence-electron chi connectivity index (χ3n) is 2.58. The van der Waals surface area contributed by atoms with Crippen LogP contribution in [0.25, 0.3) is 0 Å². The van der Waals surface area contributed by atoms with Crippen molar-refractivity contribution in [3.8, 4) is 12.3 Å². The molecule has 1 aromatic rings. The van der Waals surface area contributed by atoms with E-state index < -0.39 is 11.7 Å². The molecular formula is C13H15F3N2. The van der Waals surface area contributed by atoms with Crippen LogP contribution in [0.3, 0.4) is 0 Å². The van der Waals surface area contributed by atoms with E-state index in [2.05, 4.69) is 11.2 Å². The summed E-state index contributed by atoms with van der Waals surface area (Å²) in [7, 11) is 0. The smallest absolute Gasteiger partial charge is 0.329 e. The number of hydrogen-bond acceptors (Lipinski definition) is 2. The molecule has 0 amide bonds. The molecule has 2 atom stereocenters. The van der Waals surface area contributed by atoms with Crippen LogP contribution in [-0.4, -0.2) is 12.6 Å². The van der Waals surface area contributed by atoms with Gasteiger partial charge in [-0.15, -0.1) is 6.42 Å². The zero-order chi connectivity index (χ0) is 13.8. The highest BCUT2D eigenvalue weighted by molar-refractivity contribution is 5.27. The molecule has 0 saturated carbocycles. The summed E-state index contributed by atoms with van der Waals surface area (Å²) in [4.78, 5) is 0. The van der Waals surface area contributed by atoms with E-state index in [4.69, 9.17) is 12.2 Å². The van der Waals surface area contributed by atoms with Gasteiger partial charge in [-0.1, -0.05) is 18.1 Å². The minimum Gasteiger partial charge on any atom is -0.329 e. The third kappa shape index (κ3) is 3.76. The van der Waals surface area contributed by atoms with Gasteiger partial charge in [-0.25, -0.2) is 0 Å². The molecule has 98 valence electrons. The van der Waals surface area contributed by atoms with Gasteiger partial charge in [0, 0.05) is 12.6 Å². The van der Waals surface area contributed by atoms with Crippen molar-refractivity contribution in [2.45, 2.75) is 25.2 Å². The van der Waals surface area contributed by atoms with Gasteiger partial charge in [0.05, 0.1) is 11.6 Å². The average Bonchev–Trinajstić information content (AvgIpc) is 2.34. The van der Waals surface area contributed by atoms with Gasteiger partial charge in [-0.2, -0.15) is 13.2 Å². The summed E-state index contributed by atoms with van der Waals surface area (Å²) in [5, 5.41) is 3.05. The molecule has 0 aliphatic carbocycles. The molecule has 0 heterocycles. The first kappa shape index (κ1) is 14.6. The van der Waals surface area contributed by atoms with E-state index >= 15 is 0 Å². The largest absolute Gasteiger partial charge is 0.416 e. The third-order valence-corrected chi connectivity index (χ3v) is 2.58. The molecule has 2 nitrogen and oxygen atoms in total. The summed E-state index contributed by atoms with van der Waals surface area (Å²) in [6.45, 7) is 2.05. The lowest BCUT2D eigenvalue weighted by Gasteiger charge is -2.20. The van der Waals surface area contributed by atoms with E-state index in [0.29, 0.717) is 5.56 Å². The van der Waals surface area contributed by atoms with Crippen molar-refractivity contribution >= 4 is 0 Å². The minimum atomic E-state index is -4.32. The lowest BCUT2D eigenvalue weighted by atomic mass is 10.0. The van der Waals surface area contributed by atoms with Crippen molar-refractivity contribution in [2.24, 2.45) is 5.73 Å². The first-order valence-electron chi connectivity index (χ1n) is 5.48. The van der Waals surface area contributed by atoms with E-state index in [-0.39, 0.29) is 18.6 Å². The molecule has 5 heteroatoms. The molecule has 0 bridgehead atoms. The van der Waals surface area contributed by atoms with Crippen LogP contribution in [0, 0.1) is 12.3 Å². The molecule has 0 aliphatic rings. The highest BCUT2D eigenvalue weighted by Crippen LogP contribution is 2.29. The summed E-state index contributed by atoms with van der Waals surface area (Å²) in [5.74, 6) is 2.49. The molecular weight excluding hydrogens is 241 g/mol. The SMILES string of the molecule is C#CC(C)NC(CN)c1ccc(C(F)(F)F)cc1. The summed E-state index contributed by atoms with van der Waals surface area (Å²) in [5.41, 5.74) is 5.59. The number of halogens is 3. The highest BCUT2D eigenvalue weighted by atomic mass is 19.4. The topological polar surface area (TPSA) is 38.0 Å². The van der Waals surface area contributed by atoms with Gasteiger partial charge < -0.3 is 5.73 Å². The zero-order valence-electron chi connectivity index (χ0n) is 9.96. The number of nitrogens with two attached hydrogens (primary N) is 1. The summed E-state index contributed by atoms with van der Waals surface area (Å²) in [6, 6.07) is 4.47. The Morgan fingerprint density at radius 3 is 2.28 bits per heavy atom. The Balaban J connectivity index is 2.86. The van der Waals surface area contributed by atoms with Crippen LogP contribution >= 0.6 is 0 Å². The van der Waals surface area contributed by atoms with Gasteiger partial charge in [-0.05, 0) is 24.6 Å². The quantitative estimate of drug-likeness (QED) is 0.811. The second kappa shape index (κ2) is 5.89. The van der Waals surface area contributed by atoms with Crippen LogP contribution in [0.4, 0.5) is 13.2 Å². The Morgan fingerprint density at radius 2 is 1.89 bits per heavy atom. The van der Waals surface area contributed by atoms with Crippen molar-refractivity contribution in [3.63, 3.8) is 0 Å². The fourth-order valence-corrected chi connectivity index (χ4v) is 1.55. The first-order valence-corrected chi connectivity index (χ1v) is 5.48. The minimum absolute atomic E-state index is 0.194. The van der Waals surface area contributed by atoms with Crippen molar-refractivity contribution in [1.29, 1.82) is 0 Å². The Kier molecular flexibility index (Phi) is 4.76. The molecule has 1 aromatic carbocycles. The summed E-state index contributed by atoms with van der Waals surface area (Å²) in [6.07, 6.45) is 0.909. The molecule has 18 heavy (non-hydrogen) atoms. The monoisotopic (exact) mass is 256 g/mol. The van der Waals surface area contributed by atoms with Gasteiger partial charge in [0.15, 0.2) is 0 Å². The summed E-state index contributed by atoms with van der Waals surface area (Å²) < 4.78 is 37.2. The molecule has 0 fully saturated rings. The molecule has 0 saturated heterocycles. The van der Waals surface area contributed by atoms with Crippen LogP contribution in [0.2, 0.25) is 0 Å². The lowest BCUT2D eigenvalue weighted by molar-refractivity contribution is -0.137. The number of alkyl halides is 3. The Hall–Kier alpha value is -1.51. The average molecular weight is 256 g/mol. The van der Waals surface area contributed by atoms with E-state index in [1.807, 2.05) is 0 Å². The second-order valence-corrected chi connectivity index (χ2v) is 3.96. The maximum atomic E-state index is 12.4. The predicted octanol–water partition coefficient (Wildman–Crippen LogP) is 2.32. The number of benzene rings is 1. The van der Waals surface area contributed by atoms with Crippen molar-refractivity contribution in [1.82, 2.24) is 5.32 Å². The number of nitrogens with one attached hydrogen (secondary N) is 1. The zero-order valence-corrected chi connectivity index (χ0v) is 9.96. The molecule has 0 aromatic heterocycles. The van der Waals surface area contributed by atoms with Crippen LogP contribution in [0.1, 0.15) is 24.1 Å². The number of hydrogen-bond donors (Lipinski definition) is 2. The molecule has 0 spiro atoms. The van der Waals surface area contributed by atoms with Gasteiger partial charge in [0.25, 0.3) is 0 Å². The van der Waals surface area contributed by atoms with Crippen LogP contribution < -0.4 is 11.1 Å². The fraction of sp³-hybridized carbons (Fsp3) is 0.385. The predicted molar refractivity (Wildman–Crippen MR) is 64.7 cm³/mol. The molecule has 2 unspecified atom stereocenters. The molecule has 0 aliphatic heterocycles. The van der Waals surface area contributed by atoms with E-state index in [1.54, 1.807) is 6.92 Å². The highest BCUT2D eigenvalue weighted by Gasteiger charge is 2.30. The van der Waals surface area contributed by atoms with Crippen molar-refractivity contribution < 1.29 is 13.2 Å². The molecule has 3 N–H and O–H groups in total. The first-order chi connectivity index (χ1) is 8.38. The second-order valence-electron chi connectivity index (χ2n) is 3.96. The summed E-state index contributed by atoms with van der Waals surface area (Å²) >= 11 is 0. The van der Waals surface area contributed by atoms with E-state index in [0.717, 1.165) is 12.1 Å². The van der Waals surface area contributed by atoms with E-state index in [9.17, 15) is 13.2 Å². The number of terminal acetylenes is 1. The Labute approximate surface area is 104 Å². The standard InChI is InChI=1S/C13H15F3N2/c1-3-9(2)18-12(8-17)10-4-6-11(7-5-10)13(14,15)16/h1,4-7,9,12,18H,8,17H2,2H3. The molecule has 0 radical (unpaired) electrons. The fourth-order valence-electron chi connectivity index (χ4n) is 1.55. The van der Waals surface area contributed by atoms with Gasteiger partial charge in [-0.3, -0.25) is 5.32 Å². The molecule has 1 rings (SSSR count). The lowest BCUT2D eigenvalue weighted by Crippen LogP contribution is -2.34.